The van der Waals surface area contributed by atoms with Crippen molar-refractivity contribution in [3.8, 4) is 6.07 Å². The highest BCUT2D eigenvalue weighted by Crippen LogP contribution is 2.31. The minimum Gasteiger partial charge on any atom is -0.382 e. The number of likely N-dealkylation sites (tertiary alicyclic amines) is 1. The molecule has 1 saturated heterocycles. The molecule has 2 N–H and O–H groups in total. The molecule has 1 aliphatic rings. The Bertz CT molecular complexity index is 914. The Kier molecular flexibility index (Phi) is 3.79. The third-order valence-electron chi connectivity index (χ3n) is 4.89. The van der Waals surface area contributed by atoms with Gasteiger partial charge in [0.25, 0.3) is 0 Å². The second kappa shape index (κ2) is 6.10. The molecule has 4 heterocycles. The number of anilines is 1. The first-order valence-electron chi connectivity index (χ1n) is 8.44. The van der Waals surface area contributed by atoms with Crippen LogP contribution < -0.4 is 5.32 Å². The molecular formula is C18H20N6. The van der Waals surface area contributed by atoms with E-state index in [1.807, 2.05) is 18.3 Å². The number of nitrogens with zero attached hydrogens (tertiary/aromatic N) is 4. The molecular weight excluding hydrogens is 300 g/mol. The first-order chi connectivity index (χ1) is 11.8. The van der Waals surface area contributed by atoms with Crippen molar-refractivity contribution < 1.29 is 0 Å². The van der Waals surface area contributed by atoms with E-state index in [2.05, 4.69) is 38.2 Å². The number of H-pyrrole nitrogens is 1. The van der Waals surface area contributed by atoms with Crippen LogP contribution in [0.2, 0.25) is 0 Å². The van der Waals surface area contributed by atoms with E-state index in [4.69, 9.17) is 5.26 Å². The summed E-state index contributed by atoms with van der Waals surface area (Å²) >= 11 is 0. The van der Waals surface area contributed by atoms with Crippen LogP contribution >= 0.6 is 0 Å². The quantitative estimate of drug-likeness (QED) is 0.775. The van der Waals surface area contributed by atoms with Gasteiger partial charge in [-0.25, -0.2) is 9.97 Å². The lowest BCUT2D eigenvalue weighted by Gasteiger charge is -2.32. The van der Waals surface area contributed by atoms with Crippen LogP contribution in [0.3, 0.4) is 0 Å². The highest BCUT2D eigenvalue weighted by Gasteiger charge is 2.19. The molecule has 4 rings (SSSR count). The van der Waals surface area contributed by atoms with E-state index < -0.39 is 0 Å². The summed E-state index contributed by atoms with van der Waals surface area (Å²) in [7, 11) is 0. The van der Waals surface area contributed by atoms with Crippen LogP contribution in [0.15, 0.2) is 24.5 Å². The summed E-state index contributed by atoms with van der Waals surface area (Å²) < 4.78 is 0. The molecule has 1 aliphatic heterocycles. The number of hydrogen-bond donors (Lipinski definition) is 2. The summed E-state index contributed by atoms with van der Waals surface area (Å²) in [4.78, 5) is 14.4. The number of nitriles is 1. The maximum absolute atomic E-state index is 9.13. The molecule has 0 unspecified atom stereocenters. The number of piperidine rings is 1. The van der Waals surface area contributed by atoms with Crippen LogP contribution in [0.25, 0.3) is 21.9 Å². The zero-order chi connectivity index (χ0) is 16.5. The standard InChI is InChI=1S/C18H20N6/c1-2-24-7-4-12(5-8-24)22-15-3-6-20-18-17(15)14-9-13(10-19)21-11-16(14)23-18/h3,6,9,11-12H,2,4-5,7-8H2,1H3,(H2,20,22,23). The average molecular weight is 320 g/mol. The summed E-state index contributed by atoms with van der Waals surface area (Å²) in [5.74, 6) is 0. The minimum atomic E-state index is 0.425. The van der Waals surface area contributed by atoms with Gasteiger partial charge < -0.3 is 15.2 Å². The normalized spacial score (nSPS) is 16.5. The van der Waals surface area contributed by atoms with E-state index in [9.17, 15) is 0 Å². The van der Waals surface area contributed by atoms with E-state index in [0.29, 0.717) is 11.7 Å². The number of aromatic nitrogens is 3. The molecule has 122 valence electrons. The van der Waals surface area contributed by atoms with Crippen molar-refractivity contribution in [3.05, 3.63) is 30.2 Å². The monoisotopic (exact) mass is 320 g/mol. The largest absolute Gasteiger partial charge is 0.382 e. The lowest BCUT2D eigenvalue weighted by Crippen LogP contribution is -2.38. The molecule has 0 aromatic carbocycles. The minimum absolute atomic E-state index is 0.425. The zero-order valence-electron chi connectivity index (χ0n) is 13.7. The maximum Gasteiger partial charge on any atom is 0.141 e. The summed E-state index contributed by atoms with van der Waals surface area (Å²) in [6.07, 6.45) is 5.81. The van der Waals surface area contributed by atoms with Gasteiger partial charge in [-0.3, -0.25) is 0 Å². The Morgan fingerprint density at radius 2 is 2.21 bits per heavy atom. The van der Waals surface area contributed by atoms with Crippen molar-refractivity contribution in [2.24, 2.45) is 0 Å². The molecule has 0 spiro atoms. The highest BCUT2D eigenvalue weighted by molar-refractivity contribution is 6.12. The van der Waals surface area contributed by atoms with Gasteiger partial charge in [0.1, 0.15) is 17.4 Å². The SMILES string of the molecule is CCN1CCC(Nc2ccnc3[nH]c4cnc(C#N)cc4c23)CC1. The molecule has 6 heteroatoms. The van der Waals surface area contributed by atoms with E-state index >= 15 is 0 Å². The Morgan fingerprint density at radius 3 is 2.96 bits per heavy atom. The first kappa shape index (κ1) is 14.9. The van der Waals surface area contributed by atoms with Crippen molar-refractivity contribution in [1.29, 1.82) is 5.26 Å². The third-order valence-corrected chi connectivity index (χ3v) is 4.89. The van der Waals surface area contributed by atoms with Gasteiger partial charge in [0.15, 0.2) is 0 Å². The molecule has 3 aromatic heterocycles. The fourth-order valence-electron chi connectivity index (χ4n) is 3.51. The topological polar surface area (TPSA) is 80.6 Å². The van der Waals surface area contributed by atoms with Crippen LogP contribution in [0, 0.1) is 11.3 Å². The Labute approximate surface area is 140 Å². The number of aromatic amines is 1. The molecule has 3 aromatic rings. The van der Waals surface area contributed by atoms with Gasteiger partial charge in [-0.2, -0.15) is 5.26 Å². The molecule has 6 nitrogen and oxygen atoms in total. The fraction of sp³-hybridized carbons (Fsp3) is 0.389. The van der Waals surface area contributed by atoms with Crippen LogP contribution in [-0.2, 0) is 0 Å². The molecule has 0 radical (unpaired) electrons. The molecule has 0 bridgehead atoms. The highest BCUT2D eigenvalue weighted by atomic mass is 15.1. The van der Waals surface area contributed by atoms with Crippen molar-refractivity contribution in [3.63, 3.8) is 0 Å². The number of hydrogen-bond acceptors (Lipinski definition) is 5. The van der Waals surface area contributed by atoms with Gasteiger partial charge in [-0.15, -0.1) is 0 Å². The van der Waals surface area contributed by atoms with Crippen LogP contribution in [0.5, 0.6) is 0 Å². The van der Waals surface area contributed by atoms with Crippen LogP contribution in [0.4, 0.5) is 5.69 Å². The van der Waals surface area contributed by atoms with Crippen molar-refractivity contribution in [2.75, 3.05) is 25.0 Å². The van der Waals surface area contributed by atoms with E-state index in [0.717, 1.165) is 60.1 Å². The van der Waals surface area contributed by atoms with Gasteiger partial charge >= 0.3 is 0 Å². The van der Waals surface area contributed by atoms with E-state index in [-0.39, 0.29) is 0 Å². The molecule has 0 aliphatic carbocycles. The maximum atomic E-state index is 9.13. The summed E-state index contributed by atoms with van der Waals surface area (Å²) in [5.41, 5.74) is 3.25. The van der Waals surface area contributed by atoms with Crippen molar-refractivity contribution >= 4 is 27.6 Å². The van der Waals surface area contributed by atoms with Gasteiger partial charge in [0, 0.05) is 41.8 Å². The van der Waals surface area contributed by atoms with Gasteiger partial charge in [0.2, 0.25) is 0 Å². The van der Waals surface area contributed by atoms with E-state index in [1.165, 1.54) is 0 Å². The smallest absolute Gasteiger partial charge is 0.141 e. The lowest BCUT2D eigenvalue weighted by atomic mass is 10.0. The van der Waals surface area contributed by atoms with Gasteiger partial charge in [-0.05, 0) is 31.5 Å². The summed E-state index contributed by atoms with van der Waals surface area (Å²) in [5, 5.41) is 14.9. The van der Waals surface area contributed by atoms with Crippen LogP contribution in [0.1, 0.15) is 25.5 Å². The summed E-state index contributed by atoms with van der Waals surface area (Å²) in [6, 6.07) is 6.44. The van der Waals surface area contributed by atoms with Crippen molar-refractivity contribution in [2.45, 2.75) is 25.8 Å². The number of nitrogens with one attached hydrogen (secondary N) is 2. The second-order valence-corrected chi connectivity index (χ2v) is 6.29. The van der Waals surface area contributed by atoms with Crippen LogP contribution in [-0.4, -0.2) is 45.5 Å². The lowest BCUT2D eigenvalue weighted by molar-refractivity contribution is 0.229. The Morgan fingerprint density at radius 1 is 1.38 bits per heavy atom. The Hall–Kier alpha value is -2.65. The number of pyridine rings is 2. The molecule has 0 amide bonds. The molecule has 1 fully saturated rings. The second-order valence-electron chi connectivity index (χ2n) is 6.29. The van der Waals surface area contributed by atoms with E-state index in [1.54, 1.807) is 6.20 Å². The third kappa shape index (κ3) is 2.57. The molecule has 0 saturated carbocycles. The molecule has 24 heavy (non-hydrogen) atoms. The Balaban J connectivity index is 1.71. The first-order valence-corrected chi connectivity index (χ1v) is 8.44. The predicted molar refractivity (Wildman–Crippen MR) is 94.9 cm³/mol. The molecule has 0 atom stereocenters. The number of rotatable bonds is 3. The number of fused-ring (bicyclic) bond motifs is 3. The fourth-order valence-corrected chi connectivity index (χ4v) is 3.51. The predicted octanol–water partition coefficient (Wildman–Crippen LogP) is 2.88. The zero-order valence-corrected chi connectivity index (χ0v) is 13.7. The van der Waals surface area contributed by atoms with Gasteiger partial charge in [-0.1, -0.05) is 6.92 Å². The van der Waals surface area contributed by atoms with Gasteiger partial charge in [0.05, 0.1) is 11.7 Å². The van der Waals surface area contributed by atoms with Crippen molar-refractivity contribution in [1.82, 2.24) is 19.9 Å². The summed E-state index contributed by atoms with van der Waals surface area (Å²) in [6.45, 7) is 5.61. The average Bonchev–Trinajstić information content (AvgIpc) is 3.01.